The molecule has 2 aliphatic carbocycles. The molecule has 5 rings (SSSR count). The van der Waals surface area contributed by atoms with Crippen molar-refractivity contribution in [2.24, 2.45) is 11.8 Å². The van der Waals surface area contributed by atoms with Crippen LogP contribution in [0.3, 0.4) is 0 Å². The van der Waals surface area contributed by atoms with E-state index in [0.717, 1.165) is 37.5 Å². The minimum Gasteiger partial charge on any atom is -0.497 e. The average Bonchev–Trinajstić information content (AvgIpc) is 3.66. The highest BCUT2D eigenvalue weighted by molar-refractivity contribution is 5.95. The van der Waals surface area contributed by atoms with Gasteiger partial charge in [-0.1, -0.05) is 13.0 Å². The first kappa shape index (κ1) is 22.9. The number of carbonyl (C=O) groups is 2. The molecular weight excluding hydrogens is 428 g/mol. The molecule has 3 aliphatic rings. The summed E-state index contributed by atoms with van der Waals surface area (Å²) in [5.74, 6) is 1.11. The molecular formula is C28H34N2O4. The smallest absolute Gasteiger partial charge is 0.335 e. The van der Waals surface area contributed by atoms with Gasteiger partial charge in [0.25, 0.3) is 5.91 Å². The molecule has 2 N–H and O–H groups in total. The number of benzene rings is 2. The van der Waals surface area contributed by atoms with Crippen molar-refractivity contribution in [3.8, 4) is 5.75 Å². The predicted octanol–water partition coefficient (Wildman–Crippen LogP) is 4.13. The Morgan fingerprint density at radius 2 is 1.88 bits per heavy atom. The largest absolute Gasteiger partial charge is 0.497 e. The van der Waals surface area contributed by atoms with Gasteiger partial charge in [0.05, 0.1) is 12.7 Å². The molecule has 2 bridgehead atoms. The molecule has 6 nitrogen and oxygen atoms in total. The number of nitrogens with one attached hydrogen (secondary N) is 1. The van der Waals surface area contributed by atoms with E-state index in [1.807, 2.05) is 0 Å². The Labute approximate surface area is 201 Å². The molecule has 180 valence electrons. The lowest BCUT2D eigenvalue weighted by Crippen LogP contribution is -2.60. The van der Waals surface area contributed by atoms with Gasteiger partial charge in [-0.05, 0) is 98.0 Å². The zero-order valence-electron chi connectivity index (χ0n) is 20.0. The third kappa shape index (κ3) is 4.20. The number of hydrogen-bond donors (Lipinski definition) is 2. The SMILES string of the molecule is COc1ccc2c(c1)C1(CCNC(=O)c3ccc(C(=O)O)cc3)CCN(CC3CC3)[C@H](C2)[C@@H]1C. The number of rotatable bonds is 8. The van der Waals surface area contributed by atoms with Crippen LogP contribution in [0.25, 0.3) is 0 Å². The van der Waals surface area contributed by atoms with Crippen molar-refractivity contribution in [3.63, 3.8) is 0 Å². The number of methoxy groups -OCH3 is 1. The fourth-order valence-electron chi connectivity index (χ4n) is 6.27. The van der Waals surface area contributed by atoms with E-state index in [-0.39, 0.29) is 16.9 Å². The second-order valence-corrected chi connectivity index (χ2v) is 10.3. The first-order chi connectivity index (χ1) is 16.4. The minimum atomic E-state index is -0.992. The van der Waals surface area contributed by atoms with E-state index in [2.05, 4.69) is 35.3 Å². The number of nitrogens with zero attached hydrogens (tertiary/aromatic N) is 1. The van der Waals surface area contributed by atoms with E-state index in [4.69, 9.17) is 9.84 Å². The van der Waals surface area contributed by atoms with Gasteiger partial charge in [-0.2, -0.15) is 0 Å². The monoisotopic (exact) mass is 462 g/mol. The number of piperidine rings is 1. The summed E-state index contributed by atoms with van der Waals surface area (Å²) < 4.78 is 5.59. The molecule has 1 unspecified atom stereocenters. The molecule has 0 spiro atoms. The maximum atomic E-state index is 12.8. The lowest BCUT2D eigenvalue weighted by Gasteiger charge is -2.56. The quantitative estimate of drug-likeness (QED) is 0.617. The van der Waals surface area contributed by atoms with Crippen molar-refractivity contribution < 1.29 is 19.4 Å². The number of hydrogen-bond acceptors (Lipinski definition) is 4. The van der Waals surface area contributed by atoms with Gasteiger partial charge in [0.2, 0.25) is 0 Å². The Morgan fingerprint density at radius 3 is 2.56 bits per heavy atom. The van der Waals surface area contributed by atoms with Gasteiger partial charge in [0.1, 0.15) is 5.75 Å². The molecule has 2 aromatic rings. The highest BCUT2D eigenvalue weighted by Gasteiger charge is 2.51. The first-order valence-corrected chi connectivity index (χ1v) is 12.4. The Balaban J connectivity index is 1.35. The molecule has 1 saturated heterocycles. The minimum absolute atomic E-state index is 0.00723. The summed E-state index contributed by atoms with van der Waals surface area (Å²) in [6.07, 6.45) is 5.78. The Kier molecular flexibility index (Phi) is 6.11. The molecule has 2 aromatic carbocycles. The summed E-state index contributed by atoms with van der Waals surface area (Å²) in [6, 6.07) is 13.2. The number of likely N-dealkylation sites (tertiary alicyclic amines) is 1. The molecule has 6 heteroatoms. The van der Waals surface area contributed by atoms with Crippen LogP contribution < -0.4 is 10.1 Å². The van der Waals surface area contributed by atoms with Gasteiger partial charge in [-0.25, -0.2) is 4.79 Å². The zero-order valence-corrected chi connectivity index (χ0v) is 20.0. The Bertz CT molecular complexity index is 1080. The van der Waals surface area contributed by atoms with Crippen LogP contribution in [0, 0.1) is 11.8 Å². The average molecular weight is 463 g/mol. The molecule has 0 aromatic heterocycles. The number of amides is 1. The van der Waals surface area contributed by atoms with Crippen molar-refractivity contribution in [2.75, 3.05) is 26.7 Å². The van der Waals surface area contributed by atoms with Gasteiger partial charge in [-0.3, -0.25) is 9.69 Å². The van der Waals surface area contributed by atoms with Crippen LogP contribution >= 0.6 is 0 Å². The van der Waals surface area contributed by atoms with Crippen molar-refractivity contribution in [1.29, 1.82) is 0 Å². The summed E-state index contributed by atoms with van der Waals surface area (Å²) in [5.41, 5.74) is 3.48. The fourth-order valence-corrected chi connectivity index (χ4v) is 6.27. The van der Waals surface area contributed by atoms with Gasteiger partial charge < -0.3 is 15.2 Å². The van der Waals surface area contributed by atoms with Gasteiger partial charge in [0.15, 0.2) is 0 Å². The molecule has 2 fully saturated rings. The summed E-state index contributed by atoms with van der Waals surface area (Å²) in [5, 5.41) is 12.2. The highest BCUT2D eigenvalue weighted by atomic mass is 16.5. The fraction of sp³-hybridized carbons (Fsp3) is 0.500. The number of fused-ring (bicyclic) bond motifs is 4. The van der Waals surface area contributed by atoms with Crippen molar-refractivity contribution >= 4 is 11.9 Å². The standard InChI is InChI=1S/C28H34N2O4/c1-18-25-15-22-9-10-23(34-2)16-24(22)28(18,12-14-30(25)17-19-3-4-19)11-13-29-26(31)20-5-7-21(8-6-20)27(32)33/h5-10,16,18-19,25H,3-4,11-15,17H2,1-2H3,(H,29,31)(H,32,33)/t18-,25+,28?/m0/s1. The summed E-state index contributed by atoms with van der Waals surface area (Å²) >= 11 is 0. The molecule has 1 saturated carbocycles. The normalized spacial score (nSPS) is 25.9. The van der Waals surface area contributed by atoms with E-state index >= 15 is 0 Å². The summed E-state index contributed by atoms with van der Waals surface area (Å²) in [6.45, 7) is 5.31. The van der Waals surface area contributed by atoms with E-state index < -0.39 is 5.97 Å². The predicted molar refractivity (Wildman–Crippen MR) is 131 cm³/mol. The van der Waals surface area contributed by atoms with Crippen molar-refractivity contribution in [2.45, 2.75) is 50.5 Å². The van der Waals surface area contributed by atoms with E-state index in [0.29, 0.717) is 24.1 Å². The Morgan fingerprint density at radius 1 is 1.15 bits per heavy atom. The third-order valence-corrected chi connectivity index (χ3v) is 8.49. The summed E-state index contributed by atoms with van der Waals surface area (Å²) in [4.78, 5) is 26.6. The topological polar surface area (TPSA) is 78.9 Å². The van der Waals surface area contributed by atoms with E-state index in [1.165, 1.54) is 42.6 Å². The lowest BCUT2D eigenvalue weighted by molar-refractivity contribution is 0.0159. The Hall–Kier alpha value is -2.86. The lowest BCUT2D eigenvalue weighted by atomic mass is 9.56. The number of carboxylic acids is 1. The van der Waals surface area contributed by atoms with Crippen LogP contribution in [0.15, 0.2) is 42.5 Å². The van der Waals surface area contributed by atoms with Crippen LogP contribution in [0.2, 0.25) is 0 Å². The third-order valence-electron chi connectivity index (χ3n) is 8.49. The zero-order chi connectivity index (χ0) is 23.9. The maximum absolute atomic E-state index is 12.8. The second kappa shape index (κ2) is 9.06. The molecule has 3 atom stereocenters. The van der Waals surface area contributed by atoms with Crippen molar-refractivity contribution in [3.05, 3.63) is 64.7 Å². The van der Waals surface area contributed by atoms with Gasteiger partial charge >= 0.3 is 5.97 Å². The van der Waals surface area contributed by atoms with E-state index in [9.17, 15) is 9.59 Å². The van der Waals surface area contributed by atoms with Crippen LogP contribution in [-0.2, 0) is 11.8 Å². The van der Waals surface area contributed by atoms with Crippen LogP contribution in [-0.4, -0.2) is 54.7 Å². The maximum Gasteiger partial charge on any atom is 0.335 e. The molecule has 0 radical (unpaired) electrons. The van der Waals surface area contributed by atoms with E-state index in [1.54, 1.807) is 19.2 Å². The summed E-state index contributed by atoms with van der Waals surface area (Å²) in [7, 11) is 1.72. The molecule has 34 heavy (non-hydrogen) atoms. The molecule has 1 amide bonds. The first-order valence-electron chi connectivity index (χ1n) is 12.4. The van der Waals surface area contributed by atoms with Crippen LogP contribution in [0.5, 0.6) is 5.75 Å². The van der Waals surface area contributed by atoms with Gasteiger partial charge in [0, 0.05) is 30.1 Å². The molecule has 1 heterocycles. The number of carboxylic acid groups (broad SMARTS) is 1. The van der Waals surface area contributed by atoms with Crippen molar-refractivity contribution in [1.82, 2.24) is 10.2 Å². The number of ether oxygens (including phenoxy) is 1. The number of aromatic carboxylic acids is 1. The van der Waals surface area contributed by atoms with Crippen LogP contribution in [0.1, 0.15) is 64.4 Å². The number of carbonyl (C=O) groups excluding carboxylic acids is 1. The molecule has 1 aliphatic heterocycles. The second-order valence-electron chi connectivity index (χ2n) is 10.3. The highest BCUT2D eigenvalue weighted by Crippen LogP contribution is 2.52. The van der Waals surface area contributed by atoms with Gasteiger partial charge in [-0.15, -0.1) is 0 Å². The van der Waals surface area contributed by atoms with Crippen LogP contribution in [0.4, 0.5) is 0 Å².